The maximum atomic E-state index is 4.48. The zero-order valence-electron chi connectivity index (χ0n) is 18.1. The first-order chi connectivity index (χ1) is 13.7. The van der Waals surface area contributed by atoms with E-state index in [9.17, 15) is 0 Å². The van der Waals surface area contributed by atoms with E-state index in [0.717, 1.165) is 38.7 Å². The summed E-state index contributed by atoms with van der Waals surface area (Å²) in [5.41, 5.74) is 2.78. The first-order valence-corrected chi connectivity index (χ1v) is 11.2. The molecule has 2 aliphatic heterocycles. The molecule has 5 heteroatoms. The zero-order valence-corrected chi connectivity index (χ0v) is 18.1. The number of likely N-dealkylation sites (N-methyl/N-ethyl adjacent to an activating group) is 1. The Hall–Kier alpha value is -1.59. The molecule has 0 radical (unpaired) electrons. The summed E-state index contributed by atoms with van der Waals surface area (Å²) < 4.78 is 0. The maximum Gasteiger partial charge on any atom is 0.191 e. The summed E-state index contributed by atoms with van der Waals surface area (Å²) in [6.45, 7) is 11.2. The van der Waals surface area contributed by atoms with E-state index in [1.165, 1.54) is 49.8 Å². The lowest BCUT2D eigenvalue weighted by Crippen LogP contribution is -2.52. The van der Waals surface area contributed by atoms with Crippen LogP contribution >= 0.6 is 0 Å². The summed E-state index contributed by atoms with van der Waals surface area (Å²) >= 11 is 0. The van der Waals surface area contributed by atoms with Gasteiger partial charge in [-0.2, -0.15) is 0 Å². The van der Waals surface area contributed by atoms with E-state index in [4.69, 9.17) is 0 Å². The lowest BCUT2D eigenvalue weighted by atomic mass is 10.0. The van der Waals surface area contributed by atoms with Crippen LogP contribution in [0.2, 0.25) is 0 Å². The number of aryl methyl sites for hydroxylation is 1. The normalized spacial score (nSPS) is 23.0. The van der Waals surface area contributed by atoms with Gasteiger partial charge < -0.3 is 10.6 Å². The molecule has 0 aliphatic carbocycles. The third-order valence-electron chi connectivity index (χ3n) is 6.30. The molecule has 2 heterocycles. The van der Waals surface area contributed by atoms with Crippen molar-refractivity contribution in [3.05, 3.63) is 35.4 Å². The first-order valence-electron chi connectivity index (χ1n) is 11.2. The minimum absolute atomic E-state index is 0.522. The Bertz CT molecular complexity index is 621. The van der Waals surface area contributed by atoms with Crippen LogP contribution in [-0.2, 0) is 6.54 Å². The van der Waals surface area contributed by atoms with Crippen LogP contribution in [0.15, 0.2) is 29.3 Å². The van der Waals surface area contributed by atoms with Crippen LogP contribution in [0.3, 0.4) is 0 Å². The highest BCUT2D eigenvalue weighted by atomic mass is 15.2. The Labute approximate surface area is 171 Å². The smallest absolute Gasteiger partial charge is 0.191 e. The predicted octanol–water partition coefficient (Wildman–Crippen LogP) is 3.00. The number of hydrogen-bond donors (Lipinski definition) is 2. The van der Waals surface area contributed by atoms with Crippen molar-refractivity contribution < 1.29 is 0 Å². The quantitative estimate of drug-likeness (QED) is 0.584. The summed E-state index contributed by atoms with van der Waals surface area (Å²) in [5.74, 6) is 0.971. The number of nitrogens with zero attached hydrogens (tertiary/aromatic N) is 3. The second kappa shape index (κ2) is 10.8. The van der Waals surface area contributed by atoms with Gasteiger partial charge in [0.2, 0.25) is 0 Å². The number of nitrogens with one attached hydrogen (secondary N) is 2. The Kier molecular flexibility index (Phi) is 8.16. The highest BCUT2D eigenvalue weighted by Crippen LogP contribution is 2.16. The molecule has 0 amide bonds. The van der Waals surface area contributed by atoms with Crippen LogP contribution in [0.1, 0.15) is 50.2 Å². The summed E-state index contributed by atoms with van der Waals surface area (Å²) in [6.07, 6.45) is 6.36. The lowest BCUT2D eigenvalue weighted by Gasteiger charge is -2.36. The molecule has 1 atom stereocenters. The van der Waals surface area contributed by atoms with Gasteiger partial charge in [-0.15, -0.1) is 0 Å². The van der Waals surface area contributed by atoms with Gasteiger partial charge in [0.15, 0.2) is 5.96 Å². The van der Waals surface area contributed by atoms with E-state index in [2.05, 4.69) is 63.5 Å². The van der Waals surface area contributed by atoms with Gasteiger partial charge >= 0.3 is 0 Å². The number of benzene rings is 1. The topological polar surface area (TPSA) is 42.9 Å². The van der Waals surface area contributed by atoms with Crippen molar-refractivity contribution in [1.82, 2.24) is 20.4 Å². The van der Waals surface area contributed by atoms with E-state index in [1.807, 2.05) is 7.05 Å². The summed E-state index contributed by atoms with van der Waals surface area (Å²) in [4.78, 5) is 9.65. The standard InChI is InChI=1S/C23H39N5/c1-4-28-13-6-5-10-22(28)17-25-23(24-3)26-21-11-14-27(15-12-21)18-20-9-7-8-19(2)16-20/h7-9,16,21-22H,4-6,10-15,17-18H2,1-3H3,(H2,24,25,26). The van der Waals surface area contributed by atoms with Gasteiger partial charge in [-0.25, -0.2) is 0 Å². The van der Waals surface area contributed by atoms with Crippen LogP contribution in [-0.4, -0.2) is 67.6 Å². The molecular formula is C23H39N5. The van der Waals surface area contributed by atoms with Crippen molar-refractivity contribution in [3.8, 4) is 0 Å². The fourth-order valence-electron chi connectivity index (χ4n) is 4.61. The summed E-state index contributed by atoms with van der Waals surface area (Å²) in [6, 6.07) is 10.1. The van der Waals surface area contributed by atoms with Gasteiger partial charge in [0, 0.05) is 45.3 Å². The fraction of sp³-hybridized carbons (Fsp3) is 0.696. The summed E-state index contributed by atoms with van der Waals surface area (Å²) in [7, 11) is 1.89. The number of rotatable bonds is 6. The number of aliphatic imine (C=N–C) groups is 1. The van der Waals surface area contributed by atoms with Crippen molar-refractivity contribution in [2.75, 3.05) is 39.8 Å². The van der Waals surface area contributed by atoms with Crippen molar-refractivity contribution in [2.45, 2.75) is 64.6 Å². The lowest BCUT2D eigenvalue weighted by molar-refractivity contribution is 0.157. The van der Waals surface area contributed by atoms with E-state index < -0.39 is 0 Å². The minimum atomic E-state index is 0.522. The van der Waals surface area contributed by atoms with Crippen molar-refractivity contribution >= 4 is 5.96 Å². The monoisotopic (exact) mass is 385 g/mol. The van der Waals surface area contributed by atoms with Gasteiger partial charge in [0.1, 0.15) is 0 Å². The van der Waals surface area contributed by atoms with Gasteiger partial charge in [0.25, 0.3) is 0 Å². The highest BCUT2D eigenvalue weighted by Gasteiger charge is 2.23. The fourth-order valence-corrected chi connectivity index (χ4v) is 4.61. The third-order valence-corrected chi connectivity index (χ3v) is 6.30. The number of piperidine rings is 2. The van der Waals surface area contributed by atoms with Crippen LogP contribution in [0.5, 0.6) is 0 Å². The molecule has 3 rings (SSSR count). The van der Waals surface area contributed by atoms with Gasteiger partial charge in [-0.3, -0.25) is 14.8 Å². The third kappa shape index (κ3) is 6.21. The molecule has 0 aromatic heterocycles. The van der Waals surface area contributed by atoms with Gasteiger partial charge in [-0.1, -0.05) is 43.2 Å². The van der Waals surface area contributed by atoms with E-state index >= 15 is 0 Å². The Morgan fingerprint density at radius 3 is 2.68 bits per heavy atom. The molecule has 2 fully saturated rings. The Morgan fingerprint density at radius 1 is 1.14 bits per heavy atom. The molecule has 1 unspecified atom stereocenters. The molecule has 1 aromatic carbocycles. The zero-order chi connectivity index (χ0) is 19.8. The SMILES string of the molecule is CCN1CCCCC1CNC(=NC)NC1CCN(Cc2cccc(C)c2)CC1. The van der Waals surface area contributed by atoms with E-state index in [1.54, 1.807) is 0 Å². The Morgan fingerprint density at radius 2 is 1.96 bits per heavy atom. The van der Waals surface area contributed by atoms with Crippen molar-refractivity contribution in [1.29, 1.82) is 0 Å². The van der Waals surface area contributed by atoms with Crippen LogP contribution in [0.25, 0.3) is 0 Å². The molecule has 1 aromatic rings. The largest absolute Gasteiger partial charge is 0.355 e. The van der Waals surface area contributed by atoms with Crippen molar-refractivity contribution in [2.24, 2.45) is 4.99 Å². The molecule has 2 aliphatic rings. The molecule has 0 spiro atoms. The Balaban J connectivity index is 1.40. The second-order valence-electron chi connectivity index (χ2n) is 8.42. The average Bonchev–Trinajstić information content (AvgIpc) is 2.72. The second-order valence-corrected chi connectivity index (χ2v) is 8.42. The van der Waals surface area contributed by atoms with Crippen LogP contribution < -0.4 is 10.6 Å². The summed E-state index contributed by atoms with van der Waals surface area (Å²) in [5, 5.41) is 7.26. The molecular weight excluding hydrogens is 346 g/mol. The van der Waals surface area contributed by atoms with Crippen LogP contribution in [0, 0.1) is 6.92 Å². The predicted molar refractivity (Wildman–Crippen MR) is 119 cm³/mol. The molecule has 0 bridgehead atoms. The highest BCUT2D eigenvalue weighted by molar-refractivity contribution is 5.80. The van der Waals surface area contributed by atoms with Crippen LogP contribution in [0.4, 0.5) is 0 Å². The molecule has 5 nitrogen and oxygen atoms in total. The van der Waals surface area contributed by atoms with Crippen molar-refractivity contribution in [3.63, 3.8) is 0 Å². The number of hydrogen-bond acceptors (Lipinski definition) is 3. The average molecular weight is 386 g/mol. The molecule has 2 N–H and O–H groups in total. The molecule has 28 heavy (non-hydrogen) atoms. The minimum Gasteiger partial charge on any atom is -0.355 e. The first kappa shape index (κ1) is 21.1. The molecule has 2 saturated heterocycles. The van der Waals surface area contributed by atoms with E-state index in [0.29, 0.717) is 12.1 Å². The van der Waals surface area contributed by atoms with Gasteiger partial charge in [0.05, 0.1) is 0 Å². The molecule has 156 valence electrons. The number of guanidine groups is 1. The van der Waals surface area contributed by atoms with Gasteiger partial charge in [-0.05, 0) is 51.3 Å². The van der Waals surface area contributed by atoms with E-state index in [-0.39, 0.29) is 0 Å². The molecule has 0 saturated carbocycles. The number of likely N-dealkylation sites (tertiary alicyclic amines) is 2. The maximum absolute atomic E-state index is 4.48.